The molecule has 1 fully saturated rings. The van der Waals surface area contributed by atoms with E-state index >= 15 is 0 Å². The van der Waals surface area contributed by atoms with Crippen molar-refractivity contribution in [3.63, 3.8) is 0 Å². The monoisotopic (exact) mass is 437 g/mol. The van der Waals surface area contributed by atoms with E-state index in [2.05, 4.69) is 48.5 Å². The maximum Gasteiger partial charge on any atom is 0.191 e. The number of nitrogens with zero attached hydrogens (tertiary/aromatic N) is 1. The van der Waals surface area contributed by atoms with Crippen molar-refractivity contribution in [2.75, 3.05) is 19.7 Å². The first kappa shape index (κ1) is 19.7. The molecule has 2 N–H and O–H groups in total. The highest BCUT2D eigenvalue weighted by atomic mass is 127. The molecule has 2 heterocycles. The van der Waals surface area contributed by atoms with E-state index in [1.165, 1.54) is 9.75 Å². The number of hydrogen-bond donors (Lipinski definition) is 2. The Bertz CT molecular complexity index is 470. The van der Waals surface area contributed by atoms with E-state index in [1.807, 2.05) is 11.3 Å². The maximum atomic E-state index is 5.81. The average molecular weight is 437 g/mol. The minimum Gasteiger partial charge on any atom is -0.373 e. The number of aliphatic imine (C=N–C) groups is 1. The third kappa shape index (κ3) is 6.04. The number of thiophene rings is 1. The van der Waals surface area contributed by atoms with Gasteiger partial charge in [0.25, 0.3) is 0 Å². The summed E-state index contributed by atoms with van der Waals surface area (Å²) in [5, 5.41) is 6.72. The predicted octanol–water partition coefficient (Wildman–Crippen LogP) is 3.55. The zero-order valence-electron chi connectivity index (χ0n) is 13.8. The van der Waals surface area contributed by atoms with Crippen molar-refractivity contribution in [3.05, 3.63) is 21.9 Å². The molecule has 1 aromatic rings. The lowest BCUT2D eigenvalue weighted by molar-refractivity contribution is 0.0243. The molecule has 1 saturated heterocycles. The highest BCUT2D eigenvalue weighted by Gasteiger charge is 2.29. The summed E-state index contributed by atoms with van der Waals surface area (Å²) < 4.78 is 5.81. The molecular weight excluding hydrogens is 409 g/mol. The molecule has 0 spiro atoms. The van der Waals surface area contributed by atoms with Crippen LogP contribution in [0.15, 0.2) is 17.1 Å². The molecule has 0 amide bonds. The Morgan fingerprint density at radius 3 is 2.68 bits per heavy atom. The first-order chi connectivity index (χ1) is 10.1. The molecule has 1 unspecified atom stereocenters. The highest BCUT2D eigenvalue weighted by molar-refractivity contribution is 14.0. The van der Waals surface area contributed by atoms with Crippen LogP contribution in [0.5, 0.6) is 0 Å². The topological polar surface area (TPSA) is 45.7 Å². The predicted molar refractivity (Wildman–Crippen MR) is 106 cm³/mol. The Balaban J connectivity index is 0.00000242. The van der Waals surface area contributed by atoms with E-state index in [4.69, 9.17) is 4.74 Å². The number of aryl methyl sites for hydroxylation is 1. The summed E-state index contributed by atoms with van der Waals surface area (Å²) in [7, 11) is 0. The number of hydrogen-bond acceptors (Lipinski definition) is 3. The zero-order valence-corrected chi connectivity index (χ0v) is 16.9. The van der Waals surface area contributed by atoms with Gasteiger partial charge in [0, 0.05) is 29.5 Å². The fourth-order valence-electron chi connectivity index (χ4n) is 2.44. The van der Waals surface area contributed by atoms with Gasteiger partial charge in [-0.25, -0.2) is 4.99 Å². The lowest BCUT2D eigenvalue weighted by atomic mass is 10.0. The Hall–Kier alpha value is -0.340. The van der Waals surface area contributed by atoms with Gasteiger partial charge in [-0.15, -0.1) is 35.3 Å². The van der Waals surface area contributed by atoms with Crippen molar-refractivity contribution < 1.29 is 4.74 Å². The van der Waals surface area contributed by atoms with Crippen LogP contribution in [0, 0.1) is 0 Å². The second-order valence-corrected chi connectivity index (χ2v) is 6.93. The molecule has 1 aliphatic rings. The molecule has 126 valence electrons. The molecule has 0 radical (unpaired) electrons. The van der Waals surface area contributed by atoms with Gasteiger partial charge in [-0.05, 0) is 45.2 Å². The fraction of sp³-hybridized carbons (Fsp3) is 0.688. The largest absolute Gasteiger partial charge is 0.373 e. The van der Waals surface area contributed by atoms with Crippen molar-refractivity contribution in [3.8, 4) is 0 Å². The Kier molecular flexibility index (Phi) is 8.71. The quantitative estimate of drug-likeness (QED) is 0.407. The third-order valence-electron chi connectivity index (χ3n) is 3.73. The van der Waals surface area contributed by atoms with Crippen molar-refractivity contribution in [2.24, 2.45) is 4.99 Å². The smallest absolute Gasteiger partial charge is 0.191 e. The second-order valence-electron chi connectivity index (χ2n) is 5.67. The maximum absolute atomic E-state index is 5.81. The summed E-state index contributed by atoms with van der Waals surface area (Å²) in [5.41, 5.74) is -0.0471. The van der Waals surface area contributed by atoms with Crippen LogP contribution < -0.4 is 10.6 Å². The molecule has 0 saturated carbocycles. The summed E-state index contributed by atoms with van der Waals surface area (Å²) in [6.07, 6.45) is 3.37. The summed E-state index contributed by atoms with van der Waals surface area (Å²) in [4.78, 5) is 7.41. The van der Waals surface area contributed by atoms with Gasteiger partial charge < -0.3 is 15.4 Å². The molecule has 1 atom stereocenters. The van der Waals surface area contributed by atoms with Crippen molar-refractivity contribution >= 4 is 41.3 Å². The van der Waals surface area contributed by atoms with Crippen LogP contribution >= 0.6 is 35.3 Å². The zero-order chi connectivity index (χ0) is 15.1. The van der Waals surface area contributed by atoms with Gasteiger partial charge in [-0.1, -0.05) is 6.92 Å². The molecule has 1 aromatic heterocycles. The van der Waals surface area contributed by atoms with Crippen LogP contribution in [0.4, 0.5) is 0 Å². The molecular formula is C16H28IN3OS. The van der Waals surface area contributed by atoms with E-state index < -0.39 is 0 Å². The Labute approximate surface area is 155 Å². The molecule has 1 aliphatic heterocycles. The van der Waals surface area contributed by atoms with E-state index in [9.17, 15) is 0 Å². The number of rotatable bonds is 6. The first-order valence-electron chi connectivity index (χ1n) is 7.89. The minimum absolute atomic E-state index is 0. The fourth-order valence-corrected chi connectivity index (χ4v) is 3.33. The Morgan fingerprint density at radius 2 is 2.09 bits per heavy atom. The number of nitrogens with one attached hydrogen (secondary N) is 2. The van der Waals surface area contributed by atoms with Gasteiger partial charge in [-0.3, -0.25) is 0 Å². The Morgan fingerprint density at radius 1 is 1.32 bits per heavy atom. The summed E-state index contributed by atoms with van der Waals surface area (Å²) in [6.45, 7) is 9.73. The number of halogens is 1. The van der Waals surface area contributed by atoms with Crippen LogP contribution in [-0.2, 0) is 17.7 Å². The molecule has 22 heavy (non-hydrogen) atoms. The normalized spacial score (nSPS) is 21.5. The standard InChI is InChI=1S/C16H27N3OS.HI/c1-4-13-7-8-14(21-13)11-18-15(17-5-2)19-12-16(3)9-6-10-20-16;/h7-8H,4-6,9-12H2,1-3H3,(H2,17,18,19);1H. The summed E-state index contributed by atoms with van der Waals surface area (Å²) >= 11 is 1.85. The van der Waals surface area contributed by atoms with Gasteiger partial charge in [0.05, 0.1) is 12.1 Å². The molecule has 4 nitrogen and oxygen atoms in total. The van der Waals surface area contributed by atoms with Crippen LogP contribution in [0.25, 0.3) is 0 Å². The molecule has 2 rings (SSSR count). The number of guanidine groups is 1. The van der Waals surface area contributed by atoms with E-state index in [0.29, 0.717) is 0 Å². The summed E-state index contributed by atoms with van der Waals surface area (Å²) in [5.74, 6) is 0.876. The van der Waals surface area contributed by atoms with Gasteiger partial charge >= 0.3 is 0 Å². The van der Waals surface area contributed by atoms with Crippen LogP contribution in [0.3, 0.4) is 0 Å². The van der Waals surface area contributed by atoms with E-state index in [0.717, 1.165) is 51.5 Å². The van der Waals surface area contributed by atoms with Crippen molar-refractivity contribution in [2.45, 2.75) is 52.2 Å². The van der Waals surface area contributed by atoms with Gasteiger partial charge in [-0.2, -0.15) is 0 Å². The van der Waals surface area contributed by atoms with Gasteiger partial charge in [0.1, 0.15) is 0 Å². The van der Waals surface area contributed by atoms with Gasteiger partial charge in [0.15, 0.2) is 5.96 Å². The second kappa shape index (κ2) is 9.72. The lowest BCUT2D eigenvalue weighted by Crippen LogP contribution is -2.45. The number of ether oxygens (including phenoxy) is 1. The first-order valence-corrected chi connectivity index (χ1v) is 8.70. The molecule has 0 aliphatic carbocycles. The van der Waals surface area contributed by atoms with Crippen LogP contribution in [0.1, 0.15) is 43.4 Å². The van der Waals surface area contributed by atoms with Gasteiger partial charge in [0.2, 0.25) is 0 Å². The van der Waals surface area contributed by atoms with Crippen LogP contribution in [-0.4, -0.2) is 31.3 Å². The SMILES string of the molecule is CCNC(=NCc1ccc(CC)s1)NCC1(C)CCCO1.I. The van der Waals surface area contributed by atoms with Crippen molar-refractivity contribution in [1.82, 2.24) is 10.6 Å². The summed E-state index contributed by atoms with van der Waals surface area (Å²) in [6, 6.07) is 4.38. The van der Waals surface area contributed by atoms with Crippen LogP contribution in [0.2, 0.25) is 0 Å². The third-order valence-corrected chi connectivity index (χ3v) is 4.95. The highest BCUT2D eigenvalue weighted by Crippen LogP contribution is 2.23. The molecule has 0 bridgehead atoms. The minimum atomic E-state index is -0.0471. The van der Waals surface area contributed by atoms with E-state index in [1.54, 1.807) is 0 Å². The molecule has 6 heteroatoms. The van der Waals surface area contributed by atoms with Crippen molar-refractivity contribution in [1.29, 1.82) is 0 Å². The lowest BCUT2D eigenvalue weighted by Gasteiger charge is -2.24. The van der Waals surface area contributed by atoms with E-state index in [-0.39, 0.29) is 29.6 Å². The average Bonchev–Trinajstić information content (AvgIpc) is 3.11. The molecule has 0 aromatic carbocycles.